The number of para-hydroxylation sites is 3. The average molecular weight is 449 g/mol. The number of hydrogen-bond acceptors (Lipinski definition) is 2. The number of rotatable bonds is 4. The molecule has 9 heteroatoms. The van der Waals surface area contributed by atoms with Gasteiger partial charge in [-0.1, -0.05) is 37.4 Å². The maximum absolute atomic E-state index is 4.93. The second-order valence-corrected chi connectivity index (χ2v) is 11.9. The second-order valence-electron chi connectivity index (χ2n) is 5.57. The number of H-pyrrole nitrogens is 2. The monoisotopic (exact) mass is 447 g/mol. The van der Waals surface area contributed by atoms with Crippen LogP contribution in [0.2, 0.25) is 0 Å². The van der Waals surface area contributed by atoms with Crippen LogP contribution < -0.4 is 0 Å². The molecule has 0 amide bonds. The molecule has 4 rings (SSSR count). The molecule has 0 aliphatic rings. The van der Waals surface area contributed by atoms with Crippen LogP contribution in [0.4, 0.5) is 0 Å². The molecule has 4 aromatic rings. The van der Waals surface area contributed by atoms with Crippen LogP contribution in [-0.4, -0.2) is 19.9 Å². The first-order valence-electron chi connectivity index (χ1n) is 7.77. The van der Waals surface area contributed by atoms with Crippen LogP contribution in [0.1, 0.15) is 17.2 Å². The molecule has 5 nitrogen and oxygen atoms in total. The number of halogens is 3. The Labute approximate surface area is 168 Å². The summed E-state index contributed by atoms with van der Waals surface area (Å²) in [6.07, 6.45) is 0. The molecule has 0 atom stereocenters. The van der Waals surface area contributed by atoms with E-state index in [9.17, 15) is 0 Å². The van der Waals surface area contributed by atoms with E-state index in [2.05, 4.69) is 38.2 Å². The van der Waals surface area contributed by atoms with Gasteiger partial charge in [-0.15, -0.1) is 0 Å². The molecule has 2 aromatic carbocycles. The molecule has 2 aromatic heterocycles. The minimum atomic E-state index is -1.62. The third kappa shape index (κ3) is 5.14. The fraction of sp³-hybridized carbons (Fsp3) is 0.176. The number of benzene rings is 2. The number of imidazole rings is 2. The van der Waals surface area contributed by atoms with Gasteiger partial charge in [0.25, 0.3) is 0 Å². The summed E-state index contributed by atoms with van der Waals surface area (Å²) in [6.45, 7) is 3.19. The molecule has 0 spiro atoms. The van der Waals surface area contributed by atoms with Gasteiger partial charge in [0, 0.05) is 0 Å². The number of fused-ring (bicyclic) bond motifs is 2. The molecular weight excluding hydrogens is 433 g/mol. The normalized spacial score (nSPS) is 11.1. The van der Waals surface area contributed by atoms with Gasteiger partial charge in [0.15, 0.2) is 0 Å². The number of aromatic amines is 2. The first kappa shape index (κ1) is 19.5. The molecule has 0 fully saturated rings. The number of hydrogen-bond donors (Lipinski definition) is 2. The van der Waals surface area contributed by atoms with Crippen molar-refractivity contribution < 1.29 is 11.4 Å². The third-order valence-electron chi connectivity index (χ3n) is 3.73. The average Bonchev–Trinajstić information content (AvgIpc) is 3.18. The van der Waals surface area contributed by atoms with Crippen molar-refractivity contribution in [2.75, 3.05) is 0 Å². The van der Waals surface area contributed by atoms with Crippen molar-refractivity contribution in [2.45, 2.75) is 20.0 Å². The first-order valence-corrected chi connectivity index (χ1v) is 13.0. The van der Waals surface area contributed by atoms with E-state index in [1.54, 1.807) is 0 Å². The van der Waals surface area contributed by atoms with Crippen LogP contribution >= 0.6 is 30.1 Å². The standard InChI is InChI=1S/C17H16N5.3ClH.Cr/c1-11-5-4-8-14-17(11)22-16(21-14)10-18-9-15-19-12-6-2-3-7-13(12)20-15;;;;/h2-8H,9-10H2,1H3,(H,19,20)(H,21,22);3*1H;/q-1;;;;+4/p-3. The Morgan fingerprint density at radius 3 is 2.19 bits per heavy atom. The topological polar surface area (TPSA) is 71.5 Å². The van der Waals surface area contributed by atoms with E-state index in [1.807, 2.05) is 36.4 Å². The summed E-state index contributed by atoms with van der Waals surface area (Å²) in [5.74, 6) is 1.77. The quantitative estimate of drug-likeness (QED) is 0.409. The molecule has 26 heavy (non-hydrogen) atoms. The van der Waals surface area contributed by atoms with Gasteiger partial charge in [-0.2, -0.15) is 0 Å². The molecule has 0 saturated heterocycles. The van der Waals surface area contributed by atoms with Crippen molar-refractivity contribution in [3.05, 3.63) is 65.0 Å². The van der Waals surface area contributed by atoms with E-state index in [1.165, 1.54) is 5.56 Å². The predicted octanol–water partition coefficient (Wildman–Crippen LogP) is 5.89. The zero-order valence-electron chi connectivity index (χ0n) is 13.8. The zero-order valence-corrected chi connectivity index (χ0v) is 17.4. The van der Waals surface area contributed by atoms with E-state index in [0.29, 0.717) is 13.1 Å². The van der Waals surface area contributed by atoms with Gasteiger partial charge >= 0.3 is 41.5 Å². The van der Waals surface area contributed by atoms with E-state index < -0.39 is 11.4 Å². The summed E-state index contributed by atoms with van der Waals surface area (Å²) in [5.41, 5.74) is 5.29. The Kier molecular flexibility index (Phi) is 6.82. The Hall–Kier alpha value is -1.26. The van der Waals surface area contributed by atoms with Crippen molar-refractivity contribution in [1.82, 2.24) is 19.9 Å². The van der Waals surface area contributed by atoms with E-state index in [-0.39, 0.29) is 0 Å². The number of nitrogens with one attached hydrogen (secondary N) is 2. The third-order valence-corrected chi connectivity index (χ3v) is 3.73. The van der Waals surface area contributed by atoms with Crippen LogP contribution in [0.5, 0.6) is 0 Å². The molecule has 0 radical (unpaired) electrons. The van der Waals surface area contributed by atoms with E-state index in [0.717, 1.165) is 33.7 Å². The maximum atomic E-state index is 4.93. The molecular formula is C17H16Cl3CrN5. The van der Waals surface area contributed by atoms with Crippen molar-refractivity contribution in [3.63, 3.8) is 0 Å². The summed E-state index contributed by atoms with van der Waals surface area (Å²) in [7, 11) is 14.8. The molecule has 0 unspecified atom stereocenters. The number of nitrogens with zero attached hydrogens (tertiary/aromatic N) is 3. The first-order chi connectivity index (χ1) is 12.5. The summed E-state index contributed by atoms with van der Waals surface area (Å²) < 4.78 is 0. The van der Waals surface area contributed by atoms with Gasteiger partial charge in [-0.05, 0) is 30.7 Å². The SMILES string of the molecule is Cc1cccc2[nH]c(C[N-]Cc3nc4ccccc4[nH]3)nc12.[Cl][Cr+]([Cl])[Cl]. The zero-order chi connectivity index (χ0) is 18.5. The van der Waals surface area contributed by atoms with Crippen LogP contribution in [0.25, 0.3) is 27.4 Å². The van der Waals surface area contributed by atoms with Crippen molar-refractivity contribution in [2.24, 2.45) is 0 Å². The van der Waals surface area contributed by atoms with Gasteiger partial charge in [-0.3, -0.25) is 0 Å². The Balaban J connectivity index is 0.000000447. The molecule has 2 heterocycles. The summed E-state index contributed by atoms with van der Waals surface area (Å²) in [4.78, 5) is 15.7. The molecule has 2 N–H and O–H groups in total. The van der Waals surface area contributed by atoms with Crippen molar-refractivity contribution in [3.8, 4) is 0 Å². The van der Waals surface area contributed by atoms with Crippen LogP contribution in [-0.2, 0) is 24.5 Å². The Morgan fingerprint density at radius 2 is 1.50 bits per heavy atom. The van der Waals surface area contributed by atoms with Gasteiger partial charge in [0.2, 0.25) is 0 Å². The Bertz CT molecular complexity index is 963. The van der Waals surface area contributed by atoms with Gasteiger partial charge in [0.1, 0.15) is 0 Å². The second kappa shape index (κ2) is 9.10. The molecule has 0 aliphatic carbocycles. The number of aryl methyl sites for hydroxylation is 1. The molecule has 0 bridgehead atoms. The van der Waals surface area contributed by atoms with Crippen LogP contribution in [0, 0.1) is 6.92 Å². The van der Waals surface area contributed by atoms with Crippen LogP contribution in [0.15, 0.2) is 42.5 Å². The predicted molar refractivity (Wildman–Crippen MR) is 105 cm³/mol. The number of aromatic nitrogens is 4. The minimum absolute atomic E-state index is 0.560. The summed E-state index contributed by atoms with van der Waals surface area (Å²) in [5, 5.41) is 4.54. The summed E-state index contributed by atoms with van der Waals surface area (Å²) in [6, 6.07) is 14.1. The fourth-order valence-corrected chi connectivity index (χ4v) is 2.65. The van der Waals surface area contributed by atoms with Crippen molar-refractivity contribution >= 4 is 52.2 Å². The molecule has 0 aliphatic heterocycles. The van der Waals surface area contributed by atoms with Gasteiger partial charge in [-0.25, -0.2) is 9.97 Å². The molecule has 136 valence electrons. The summed E-state index contributed by atoms with van der Waals surface area (Å²) >= 11 is -1.62. The van der Waals surface area contributed by atoms with Crippen molar-refractivity contribution in [1.29, 1.82) is 0 Å². The van der Waals surface area contributed by atoms with E-state index >= 15 is 0 Å². The fourth-order valence-electron chi connectivity index (χ4n) is 2.65. The van der Waals surface area contributed by atoms with Crippen LogP contribution in [0.3, 0.4) is 0 Å². The Morgan fingerprint density at radius 1 is 0.885 bits per heavy atom. The van der Waals surface area contributed by atoms with Gasteiger partial charge in [0.05, 0.1) is 33.7 Å². The van der Waals surface area contributed by atoms with Gasteiger partial charge < -0.3 is 15.3 Å². The molecule has 0 saturated carbocycles. The van der Waals surface area contributed by atoms with E-state index in [4.69, 9.17) is 30.1 Å².